The summed E-state index contributed by atoms with van der Waals surface area (Å²) in [4.78, 5) is 16.9. The van der Waals surface area contributed by atoms with E-state index < -0.39 is 11.7 Å². The zero-order valence-electron chi connectivity index (χ0n) is 14.4. The fraction of sp³-hybridized carbons (Fsp3) is 0.105. The number of thiazole rings is 1. The summed E-state index contributed by atoms with van der Waals surface area (Å²) in [5, 5.41) is 7.13. The minimum atomic E-state index is -0.539. The minimum absolute atomic E-state index is 0.193. The van der Waals surface area contributed by atoms with Gasteiger partial charge in [0.05, 0.1) is 10.2 Å². The third-order valence-electron chi connectivity index (χ3n) is 4.23. The van der Waals surface area contributed by atoms with Gasteiger partial charge in [-0.25, -0.2) is 14.1 Å². The average Bonchev–Trinajstić information content (AvgIpc) is 3.35. The normalized spacial score (nSPS) is 12.9. The van der Waals surface area contributed by atoms with Crippen LogP contribution in [-0.4, -0.2) is 33.9 Å². The molecule has 0 unspecified atom stereocenters. The van der Waals surface area contributed by atoms with Crippen molar-refractivity contribution in [2.75, 3.05) is 18.5 Å². The van der Waals surface area contributed by atoms with Crippen LogP contribution in [0, 0.1) is 5.82 Å². The van der Waals surface area contributed by atoms with Crippen LogP contribution in [0.4, 0.5) is 9.52 Å². The standard InChI is InChI=1S/C19H13FN4O3S/c20-12-8-11(2-3-14(12)24-5-1-4-21-24)18(25)23-19-22-13-9-15-16(10-17(13)28-19)27-7-6-26-15/h1-5,8-10H,6-7H2,(H,22,23,25). The number of ether oxygens (including phenoxy) is 2. The van der Waals surface area contributed by atoms with Crippen LogP contribution in [0.5, 0.6) is 11.5 Å². The first-order valence-corrected chi connectivity index (χ1v) is 9.30. The molecular formula is C19H13FN4O3S. The highest BCUT2D eigenvalue weighted by Crippen LogP contribution is 2.37. The maximum absolute atomic E-state index is 14.4. The molecule has 0 atom stereocenters. The van der Waals surface area contributed by atoms with Crippen molar-refractivity contribution in [1.29, 1.82) is 0 Å². The third-order valence-corrected chi connectivity index (χ3v) is 5.17. The third kappa shape index (κ3) is 2.95. The quantitative estimate of drug-likeness (QED) is 0.572. The van der Waals surface area contributed by atoms with E-state index in [4.69, 9.17) is 9.47 Å². The van der Waals surface area contributed by atoms with Crippen molar-refractivity contribution in [3.05, 3.63) is 60.2 Å². The summed E-state index contributed by atoms with van der Waals surface area (Å²) in [5.41, 5.74) is 1.16. The predicted molar refractivity (Wildman–Crippen MR) is 102 cm³/mol. The van der Waals surface area contributed by atoms with Crippen LogP contribution in [0.25, 0.3) is 15.9 Å². The van der Waals surface area contributed by atoms with Gasteiger partial charge in [-0.1, -0.05) is 11.3 Å². The van der Waals surface area contributed by atoms with E-state index in [1.54, 1.807) is 30.6 Å². The summed E-state index contributed by atoms with van der Waals surface area (Å²) < 4.78 is 27.7. The minimum Gasteiger partial charge on any atom is -0.486 e. The molecule has 0 spiro atoms. The van der Waals surface area contributed by atoms with Crippen molar-refractivity contribution in [3.63, 3.8) is 0 Å². The van der Waals surface area contributed by atoms with Gasteiger partial charge in [0.25, 0.3) is 5.91 Å². The number of amides is 1. The van der Waals surface area contributed by atoms with Gasteiger partial charge in [-0.3, -0.25) is 10.1 Å². The molecule has 1 amide bonds. The van der Waals surface area contributed by atoms with Crippen LogP contribution >= 0.6 is 11.3 Å². The fourth-order valence-electron chi connectivity index (χ4n) is 2.93. The Hall–Kier alpha value is -3.46. The molecule has 0 bridgehead atoms. The molecule has 4 aromatic rings. The lowest BCUT2D eigenvalue weighted by atomic mass is 10.2. The molecule has 1 aliphatic rings. The largest absolute Gasteiger partial charge is 0.486 e. The molecule has 1 N–H and O–H groups in total. The molecule has 7 nitrogen and oxygen atoms in total. The lowest BCUT2D eigenvalue weighted by molar-refractivity contribution is 0.102. The van der Waals surface area contributed by atoms with Gasteiger partial charge in [0.1, 0.15) is 24.7 Å². The monoisotopic (exact) mass is 396 g/mol. The van der Waals surface area contributed by atoms with Crippen molar-refractivity contribution in [2.24, 2.45) is 0 Å². The van der Waals surface area contributed by atoms with Crippen molar-refractivity contribution in [3.8, 4) is 17.2 Å². The van der Waals surface area contributed by atoms with E-state index in [-0.39, 0.29) is 11.3 Å². The SMILES string of the molecule is O=C(Nc1nc2cc3c(cc2s1)OCCO3)c1ccc(-n2cccn2)c(F)c1. The summed E-state index contributed by atoms with van der Waals surface area (Å²) in [6.07, 6.45) is 3.19. The Morgan fingerprint density at radius 1 is 1.18 bits per heavy atom. The first kappa shape index (κ1) is 16.7. The number of fused-ring (bicyclic) bond motifs is 2. The number of nitrogens with zero attached hydrogens (tertiary/aromatic N) is 3. The highest BCUT2D eigenvalue weighted by atomic mass is 32.1. The zero-order chi connectivity index (χ0) is 19.1. The van der Waals surface area contributed by atoms with Gasteiger partial charge >= 0.3 is 0 Å². The Kier molecular flexibility index (Phi) is 3.94. The summed E-state index contributed by atoms with van der Waals surface area (Å²) in [7, 11) is 0. The zero-order valence-corrected chi connectivity index (χ0v) is 15.2. The fourth-order valence-corrected chi connectivity index (χ4v) is 3.80. The van der Waals surface area contributed by atoms with Gasteiger partial charge in [-0.05, 0) is 24.3 Å². The molecule has 0 saturated carbocycles. The number of nitrogens with one attached hydrogen (secondary N) is 1. The number of hydrogen-bond acceptors (Lipinski definition) is 6. The number of hydrogen-bond donors (Lipinski definition) is 1. The first-order valence-electron chi connectivity index (χ1n) is 8.48. The van der Waals surface area contributed by atoms with E-state index in [1.165, 1.54) is 28.2 Å². The van der Waals surface area contributed by atoms with Crippen molar-refractivity contribution < 1.29 is 18.7 Å². The Balaban J connectivity index is 1.40. The molecule has 2 aromatic heterocycles. The number of carbonyl (C=O) groups is 1. The van der Waals surface area contributed by atoms with Crippen LogP contribution in [0.2, 0.25) is 0 Å². The van der Waals surface area contributed by atoms with Gasteiger partial charge in [-0.15, -0.1) is 0 Å². The average molecular weight is 396 g/mol. The molecule has 9 heteroatoms. The second-order valence-corrected chi connectivity index (χ2v) is 7.08. The number of carbonyl (C=O) groups excluding carboxylic acids is 1. The number of benzene rings is 2. The summed E-state index contributed by atoms with van der Waals surface area (Å²) in [6.45, 7) is 0.993. The maximum atomic E-state index is 14.4. The molecule has 0 radical (unpaired) electrons. The molecule has 5 rings (SSSR count). The summed E-state index contributed by atoms with van der Waals surface area (Å²) in [6, 6.07) is 9.56. The van der Waals surface area contributed by atoms with Crippen molar-refractivity contribution in [2.45, 2.75) is 0 Å². The Bertz CT molecular complexity index is 1150. The molecule has 140 valence electrons. The first-order chi connectivity index (χ1) is 13.7. The van der Waals surface area contributed by atoms with Crippen LogP contribution < -0.4 is 14.8 Å². The van der Waals surface area contributed by atoms with E-state index in [1.807, 2.05) is 6.07 Å². The van der Waals surface area contributed by atoms with Gasteiger partial charge in [0, 0.05) is 30.1 Å². The Morgan fingerprint density at radius 2 is 2.00 bits per heavy atom. The molecule has 3 heterocycles. The molecule has 0 saturated heterocycles. The van der Waals surface area contributed by atoms with Gasteiger partial charge in [-0.2, -0.15) is 5.10 Å². The highest BCUT2D eigenvalue weighted by molar-refractivity contribution is 7.22. The van der Waals surface area contributed by atoms with E-state index in [2.05, 4.69) is 15.4 Å². The maximum Gasteiger partial charge on any atom is 0.257 e. The van der Waals surface area contributed by atoms with Gasteiger partial charge in [0.2, 0.25) is 0 Å². The predicted octanol–water partition coefficient (Wildman–Crippen LogP) is 3.64. The van der Waals surface area contributed by atoms with E-state index in [0.717, 1.165) is 4.70 Å². The van der Waals surface area contributed by atoms with Gasteiger partial charge in [0.15, 0.2) is 16.6 Å². The summed E-state index contributed by atoms with van der Waals surface area (Å²) in [5.74, 6) is 0.319. The van der Waals surface area contributed by atoms with E-state index in [0.29, 0.717) is 35.4 Å². The highest BCUT2D eigenvalue weighted by Gasteiger charge is 2.17. The molecule has 2 aromatic carbocycles. The number of halogens is 1. The molecule has 1 aliphatic heterocycles. The Morgan fingerprint density at radius 3 is 2.75 bits per heavy atom. The number of rotatable bonds is 3. The Labute approximate surface area is 162 Å². The summed E-state index contributed by atoms with van der Waals surface area (Å²) >= 11 is 1.31. The molecule has 0 fully saturated rings. The number of anilines is 1. The molecule has 28 heavy (non-hydrogen) atoms. The van der Waals surface area contributed by atoms with Crippen LogP contribution in [0.1, 0.15) is 10.4 Å². The van der Waals surface area contributed by atoms with Crippen LogP contribution in [0.3, 0.4) is 0 Å². The van der Waals surface area contributed by atoms with Crippen LogP contribution in [-0.2, 0) is 0 Å². The number of aromatic nitrogens is 3. The lowest BCUT2D eigenvalue weighted by Crippen LogP contribution is -2.15. The van der Waals surface area contributed by atoms with Crippen molar-refractivity contribution in [1.82, 2.24) is 14.8 Å². The second-order valence-electron chi connectivity index (χ2n) is 6.05. The second kappa shape index (κ2) is 6.61. The molecule has 0 aliphatic carbocycles. The van der Waals surface area contributed by atoms with Crippen LogP contribution in [0.15, 0.2) is 48.8 Å². The topological polar surface area (TPSA) is 78.3 Å². The molecular weight excluding hydrogens is 383 g/mol. The smallest absolute Gasteiger partial charge is 0.257 e. The van der Waals surface area contributed by atoms with E-state index >= 15 is 0 Å². The van der Waals surface area contributed by atoms with Gasteiger partial charge < -0.3 is 9.47 Å². The van der Waals surface area contributed by atoms with E-state index in [9.17, 15) is 9.18 Å². The van der Waals surface area contributed by atoms with Crippen molar-refractivity contribution >= 4 is 32.6 Å². The lowest BCUT2D eigenvalue weighted by Gasteiger charge is -2.17.